The molecule has 2 aromatic rings. The third-order valence-corrected chi connectivity index (χ3v) is 6.16. The minimum absolute atomic E-state index is 0.0712. The van der Waals surface area contributed by atoms with Gasteiger partial charge in [-0.2, -0.15) is 0 Å². The van der Waals surface area contributed by atoms with Crippen LogP contribution in [0.2, 0.25) is 0 Å². The van der Waals surface area contributed by atoms with Crippen molar-refractivity contribution in [3.63, 3.8) is 0 Å². The summed E-state index contributed by atoms with van der Waals surface area (Å²) in [6.45, 7) is 7.43. The molecule has 0 bridgehead atoms. The van der Waals surface area contributed by atoms with Crippen LogP contribution in [0.3, 0.4) is 0 Å². The number of carbonyl (C=O) groups is 2. The quantitative estimate of drug-likeness (QED) is 0.401. The van der Waals surface area contributed by atoms with Crippen LogP contribution in [-0.2, 0) is 4.74 Å². The molecule has 1 fully saturated rings. The van der Waals surface area contributed by atoms with Crippen LogP contribution in [-0.4, -0.2) is 44.8 Å². The summed E-state index contributed by atoms with van der Waals surface area (Å²) < 4.78 is 5.83. The van der Waals surface area contributed by atoms with Crippen molar-refractivity contribution in [2.75, 3.05) is 11.9 Å². The highest BCUT2D eigenvalue weighted by Crippen LogP contribution is 2.33. The lowest BCUT2D eigenvalue weighted by molar-refractivity contribution is 0.0525. The van der Waals surface area contributed by atoms with Gasteiger partial charge in [0.15, 0.2) is 10.1 Å². The Morgan fingerprint density at radius 2 is 2.12 bits per heavy atom. The molecule has 0 spiro atoms. The SMILES string of the molecule is CCOC(=O)c1c(C)[nH]c(C(=O)[C@H](C)Sc2nnc(NC3CC3)s2)c1C. The Morgan fingerprint density at radius 3 is 2.77 bits per heavy atom. The summed E-state index contributed by atoms with van der Waals surface area (Å²) in [6.07, 6.45) is 2.34. The van der Waals surface area contributed by atoms with Crippen LogP contribution in [0, 0.1) is 13.8 Å². The minimum atomic E-state index is -0.405. The fourth-order valence-corrected chi connectivity index (χ4v) is 4.66. The van der Waals surface area contributed by atoms with E-state index in [0.29, 0.717) is 35.2 Å². The lowest BCUT2D eigenvalue weighted by Gasteiger charge is -2.08. The maximum absolute atomic E-state index is 12.8. The van der Waals surface area contributed by atoms with Crippen molar-refractivity contribution in [2.24, 2.45) is 0 Å². The van der Waals surface area contributed by atoms with Gasteiger partial charge in [0.25, 0.3) is 0 Å². The number of rotatable bonds is 8. The van der Waals surface area contributed by atoms with E-state index in [0.717, 1.165) is 9.47 Å². The molecule has 0 radical (unpaired) electrons. The van der Waals surface area contributed by atoms with Gasteiger partial charge in [0.1, 0.15) is 0 Å². The van der Waals surface area contributed by atoms with Crippen molar-refractivity contribution in [1.82, 2.24) is 15.2 Å². The Bertz CT molecular complexity index is 826. The summed E-state index contributed by atoms with van der Waals surface area (Å²) in [4.78, 5) is 28.0. The predicted octanol–water partition coefficient (Wildman–Crippen LogP) is 3.60. The third kappa shape index (κ3) is 4.09. The smallest absolute Gasteiger partial charge is 0.340 e. The number of carbonyl (C=O) groups excluding carboxylic acids is 2. The molecule has 2 aromatic heterocycles. The van der Waals surface area contributed by atoms with Gasteiger partial charge in [0, 0.05) is 11.7 Å². The summed E-state index contributed by atoms with van der Waals surface area (Å²) in [6, 6.07) is 0.519. The van der Waals surface area contributed by atoms with Crippen LogP contribution < -0.4 is 5.32 Å². The molecular formula is C17H22N4O3S2. The van der Waals surface area contributed by atoms with Crippen molar-refractivity contribution in [2.45, 2.75) is 56.2 Å². The number of ketones is 1. The lowest BCUT2D eigenvalue weighted by atomic mass is 10.1. The van der Waals surface area contributed by atoms with Crippen molar-refractivity contribution in [1.29, 1.82) is 0 Å². The molecule has 1 aliphatic rings. The van der Waals surface area contributed by atoms with Crippen molar-refractivity contribution >= 4 is 40.0 Å². The van der Waals surface area contributed by atoms with E-state index in [-0.39, 0.29) is 11.0 Å². The number of aromatic nitrogens is 3. The molecule has 2 N–H and O–H groups in total. The highest BCUT2D eigenvalue weighted by atomic mass is 32.2. The average molecular weight is 395 g/mol. The number of aromatic amines is 1. The van der Waals surface area contributed by atoms with Crippen LogP contribution >= 0.6 is 23.1 Å². The first-order valence-electron chi connectivity index (χ1n) is 8.57. The zero-order valence-corrected chi connectivity index (χ0v) is 16.8. The zero-order valence-electron chi connectivity index (χ0n) is 15.2. The molecular weight excluding hydrogens is 372 g/mol. The summed E-state index contributed by atoms with van der Waals surface area (Å²) in [5, 5.41) is 12.0. The minimum Gasteiger partial charge on any atom is -0.462 e. The number of hydrogen-bond acceptors (Lipinski definition) is 8. The van der Waals surface area contributed by atoms with Crippen LogP contribution in [0.15, 0.2) is 4.34 Å². The van der Waals surface area contributed by atoms with E-state index in [1.165, 1.54) is 35.9 Å². The second kappa shape index (κ2) is 7.79. The predicted molar refractivity (Wildman–Crippen MR) is 102 cm³/mol. The number of nitrogens with one attached hydrogen (secondary N) is 2. The first kappa shape index (κ1) is 18.9. The normalized spacial score (nSPS) is 14.9. The lowest BCUT2D eigenvalue weighted by Crippen LogP contribution is -2.15. The van der Waals surface area contributed by atoms with Gasteiger partial charge in [0.2, 0.25) is 5.13 Å². The number of aryl methyl sites for hydroxylation is 1. The Morgan fingerprint density at radius 1 is 1.38 bits per heavy atom. The Hall–Kier alpha value is -1.87. The number of nitrogens with zero attached hydrogens (tertiary/aromatic N) is 2. The Kier molecular flexibility index (Phi) is 5.67. The molecule has 0 aliphatic heterocycles. The first-order chi connectivity index (χ1) is 12.4. The number of thioether (sulfide) groups is 1. The molecule has 0 aromatic carbocycles. The van der Waals surface area contributed by atoms with E-state index in [1.54, 1.807) is 20.8 Å². The number of H-pyrrole nitrogens is 1. The van der Waals surface area contributed by atoms with E-state index in [1.807, 2.05) is 6.92 Å². The van der Waals surface area contributed by atoms with Gasteiger partial charge in [0.05, 0.1) is 23.1 Å². The van der Waals surface area contributed by atoms with Gasteiger partial charge in [-0.3, -0.25) is 4.79 Å². The molecule has 2 heterocycles. The number of anilines is 1. The molecule has 0 saturated heterocycles. The highest BCUT2D eigenvalue weighted by molar-refractivity contribution is 8.02. The van der Waals surface area contributed by atoms with E-state index in [2.05, 4.69) is 20.5 Å². The van der Waals surface area contributed by atoms with Crippen LogP contribution in [0.5, 0.6) is 0 Å². The van der Waals surface area contributed by atoms with Gasteiger partial charge >= 0.3 is 5.97 Å². The molecule has 1 saturated carbocycles. The van der Waals surface area contributed by atoms with Crippen LogP contribution in [0.4, 0.5) is 5.13 Å². The highest BCUT2D eigenvalue weighted by Gasteiger charge is 2.27. The van der Waals surface area contributed by atoms with Gasteiger partial charge in [-0.1, -0.05) is 23.1 Å². The van der Waals surface area contributed by atoms with E-state index >= 15 is 0 Å². The molecule has 1 aliphatic carbocycles. The topological polar surface area (TPSA) is 97.0 Å². The monoisotopic (exact) mass is 394 g/mol. The molecule has 140 valence electrons. The number of ether oxygens (including phenoxy) is 1. The fourth-order valence-electron chi connectivity index (χ4n) is 2.63. The van der Waals surface area contributed by atoms with Crippen LogP contribution in [0.1, 0.15) is 58.8 Å². The standard InChI is InChI=1S/C17H22N4O3S2/c1-5-24-15(23)12-8(2)13(18-9(12)3)14(22)10(4)25-17-21-20-16(26-17)19-11-6-7-11/h10-11,18H,5-7H2,1-4H3,(H,19,20)/t10-/m0/s1. The molecule has 26 heavy (non-hydrogen) atoms. The average Bonchev–Trinajstić information content (AvgIpc) is 3.21. The van der Waals surface area contributed by atoms with Gasteiger partial charge in [-0.05, 0) is 46.1 Å². The molecule has 7 nitrogen and oxygen atoms in total. The second-order valence-corrected chi connectivity index (χ2v) is 8.83. The van der Waals surface area contributed by atoms with Crippen molar-refractivity contribution in [3.8, 4) is 0 Å². The molecule has 0 unspecified atom stereocenters. The number of Topliss-reactive ketones (excluding diaryl/α,β-unsaturated/α-hetero) is 1. The second-order valence-electron chi connectivity index (χ2n) is 6.26. The van der Waals surface area contributed by atoms with E-state index in [4.69, 9.17) is 4.74 Å². The van der Waals surface area contributed by atoms with Gasteiger partial charge in [-0.25, -0.2) is 4.79 Å². The van der Waals surface area contributed by atoms with Crippen molar-refractivity contribution in [3.05, 3.63) is 22.5 Å². The molecule has 3 rings (SSSR count). The Labute approximate surface area is 160 Å². The largest absolute Gasteiger partial charge is 0.462 e. The zero-order chi connectivity index (χ0) is 18.8. The summed E-state index contributed by atoms with van der Waals surface area (Å²) in [7, 11) is 0. The first-order valence-corrected chi connectivity index (χ1v) is 10.3. The molecule has 0 amide bonds. The third-order valence-electron chi connectivity index (χ3n) is 4.12. The van der Waals surface area contributed by atoms with Gasteiger partial charge in [-0.15, -0.1) is 10.2 Å². The van der Waals surface area contributed by atoms with Gasteiger partial charge < -0.3 is 15.0 Å². The van der Waals surface area contributed by atoms with E-state index in [9.17, 15) is 9.59 Å². The number of hydrogen-bond donors (Lipinski definition) is 2. The molecule has 9 heteroatoms. The summed E-state index contributed by atoms with van der Waals surface area (Å²) in [5.74, 6) is -0.476. The summed E-state index contributed by atoms with van der Waals surface area (Å²) in [5.41, 5.74) is 2.17. The molecule has 1 atom stereocenters. The van der Waals surface area contributed by atoms with Crippen LogP contribution in [0.25, 0.3) is 0 Å². The number of esters is 1. The maximum Gasteiger partial charge on any atom is 0.340 e. The maximum atomic E-state index is 12.8. The Balaban J connectivity index is 1.70. The summed E-state index contributed by atoms with van der Waals surface area (Å²) >= 11 is 2.84. The fraction of sp³-hybridized carbons (Fsp3) is 0.529. The van der Waals surface area contributed by atoms with E-state index < -0.39 is 5.97 Å². The van der Waals surface area contributed by atoms with Crippen molar-refractivity contribution < 1.29 is 14.3 Å².